The van der Waals surface area contributed by atoms with Crippen molar-refractivity contribution >= 4 is 11.3 Å². The molecule has 1 aliphatic heterocycles. The molecule has 0 spiro atoms. The van der Waals surface area contributed by atoms with Gasteiger partial charge in [0.05, 0.1) is 12.6 Å². The summed E-state index contributed by atoms with van der Waals surface area (Å²) in [6.07, 6.45) is 2.31. The van der Waals surface area contributed by atoms with E-state index in [9.17, 15) is 5.11 Å². The number of likely N-dealkylation sites (tertiary alicyclic amines) is 1. The van der Waals surface area contributed by atoms with E-state index in [1.807, 2.05) is 4.68 Å². The monoisotopic (exact) mass is 306 g/mol. The number of piperidine rings is 1. The Morgan fingerprint density at radius 1 is 1.48 bits per heavy atom. The van der Waals surface area contributed by atoms with Crippen LogP contribution in [0.15, 0.2) is 17.8 Å². The quantitative estimate of drug-likeness (QED) is 0.939. The Kier molecular flexibility index (Phi) is 4.37. The summed E-state index contributed by atoms with van der Waals surface area (Å²) in [5.74, 6) is 1.26. The van der Waals surface area contributed by atoms with E-state index in [-0.39, 0.29) is 12.0 Å². The van der Waals surface area contributed by atoms with Gasteiger partial charge < -0.3 is 5.11 Å². The second-order valence-electron chi connectivity index (χ2n) is 5.66. The Bertz CT molecular complexity index is 594. The first-order chi connectivity index (χ1) is 10.2. The standard InChI is InChI=1S/C15H22N4OS/c1-3-19-14(16-10-17-19)9-18-6-4-12(13(20)8-18)15-11(2)5-7-21-15/h5,7,10,12-13,20H,3-4,6,8-9H2,1-2H3. The highest BCUT2D eigenvalue weighted by Crippen LogP contribution is 2.34. The van der Waals surface area contributed by atoms with E-state index >= 15 is 0 Å². The van der Waals surface area contributed by atoms with Crippen molar-refractivity contribution < 1.29 is 5.11 Å². The number of aryl methyl sites for hydroxylation is 2. The molecule has 1 aliphatic rings. The highest BCUT2D eigenvalue weighted by atomic mass is 32.1. The SMILES string of the molecule is CCn1ncnc1CN1CCC(c2sccc2C)C(O)C1. The Balaban J connectivity index is 1.64. The lowest BCUT2D eigenvalue weighted by Crippen LogP contribution is -2.42. The average Bonchev–Trinajstić information content (AvgIpc) is 3.08. The van der Waals surface area contributed by atoms with Crippen molar-refractivity contribution in [1.29, 1.82) is 0 Å². The van der Waals surface area contributed by atoms with Crippen LogP contribution in [0.5, 0.6) is 0 Å². The van der Waals surface area contributed by atoms with Crippen LogP contribution in [0.1, 0.15) is 35.5 Å². The van der Waals surface area contributed by atoms with Crippen LogP contribution in [0.2, 0.25) is 0 Å². The molecule has 2 aromatic rings. The summed E-state index contributed by atoms with van der Waals surface area (Å²) in [6.45, 7) is 7.51. The Labute approximate surface area is 129 Å². The number of rotatable bonds is 4. The molecule has 0 amide bonds. The third-order valence-corrected chi connectivity index (χ3v) is 5.42. The number of hydrogen-bond donors (Lipinski definition) is 1. The van der Waals surface area contributed by atoms with E-state index in [4.69, 9.17) is 0 Å². The van der Waals surface area contributed by atoms with Crippen LogP contribution in [-0.2, 0) is 13.1 Å². The second kappa shape index (κ2) is 6.25. The highest BCUT2D eigenvalue weighted by Gasteiger charge is 2.30. The average molecular weight is 306 g/mol. The molecular formula is C15H22N4OS. The van der Waals surface area contributed by atoms with Crippen molar-refractivity contribution in [2.24, 2.45) is 0 Å². The lowest BCUT2D eigenvalue weighted by Gasteiger charge is -2.35. The Morgan fingerprint density at radius 2 is 2.33 bits per heavy atom. The zero-order valence-electron chi connectivity index (χ0n) is 12.6. The molecule has 3 heterocycles. The fourth-order valence-electron chi connectivity index (χ4n) is 3.09. The van der Waals surface area contributed by atoms with Crippen LogP contribution in [0.4, 0.5) is 0 Å². The highest BCUT2D eigenvalue weighted by molar-refractivity contribution is 7.10. The van der Waals surface area contributed by atoms with Gasteiger partial charge in [-0.25, -0.2) is 9.67 Å². The molecule has 1 saturated heterocycles. The van der Waals surface area contributed by atoms with Gasteiger partial charge >= 0.3 is 0 Å². The van der Waals surface area contributed by atoms with Crippen LogP contribution < -0.4 is 0 Å². The predicted molar refractivity (Wildman–Crippen MR) is 83.4 cm³/mol. The molecule has 1 N–H and O–H groups in total. The summed E-state index contributed by atoms with van der Waals surface area (Å²) in [5, 5.41) is 16.8. The molecule has 0 aliphatic carbocycles. The second-order valence-corrected chi connectivity index (χ2v) is 6.61. The summed E-state index contributed by atoms with van der Waals surface area (Å²) in [6, 6.07) is 2.14. The molecule has 5 nitrogen and oxygen atoms in total. The van der Waals surface area contributed by atoms with Crippen LogP contribution in [0.3, 0.4) is 0 Å². The van der Waals surface area contributed by atoms with Gasteiger partial charge in [-0.05, 0) is 43.8 Å². The maximum atomic E-state index is 10.5. The van der Waals surface area contributed by atoms with Gasteiger partial charge in [-0.2, -0.15) is 5.10 Å². The molecule has 114 valence electrons. The molecule has 1 fully saturated rings. The number of β-amino-alcohol motifs (C(OH)–C–C–N with tert-alkyl or cyclic N) is 1. The third-order valence-electron chi connectivity index (χ3n) is 4.26. The molecule has 0 saturated carbocycles. The van der Waals surface area contributed by atoms with Crippen molar-refractivity contribution in [2.75, 3.05) is 13.1 Å². The van der Waals surface area contributed by atoms with Gasteiger partial charge in [0, 0.05) is 23.9 Å². The maximum absolute atomic E-state index is 10.5. The minimum Gasteiger partial charge on any atom is -0.391 e. The van der Waals surface area contributed by atoms with Crippen LogP contribution in [-0.4, -0.2) is 44.0 Å². The molecule has 2 aromatic heterocycles. The molecule has 0 radical (unpaired) electrons. The first-order valence-corrected chi connectivity index (χ1v) is 8.38. The zero-order valence-corrected chi connectivity index (χ0v) is 13.4. The third kappa shape index (κ3) is 3.02. The summed E-state index contributed by atoms with van der Waals surface area (Å²) in [7, 11) is 0. The Morgan fingerprint density at radius 3 is 3.00 bits per heavy atom. The minimum atomic E-state index is -0.297. The van der Waals surface area contributed by atoms with Crippen molar-refractivity contribution in [1.82, 2.24) is 19.7 Å². The van der Waals surface area contributed by atoms with Gasteiger partial charge in [0.2, 0.25) is 0 Å². The number of hydrogen-bond acceptors (Lipinski definition) is 5. The molecule has 2 atom stereocenters. The van der Waals surface area contributed by atoms with Gasteiger partial charge in [0.15, 0.2) is 0 Å². The van der Waals surface area contributed by atoms with E-state index in [0.717, 1.165) is 31.9 Å². The number of nitrogens with zero attached hydrogens (tertiary/aromatic N) is 4. The van der Waals surface area contributed by atoms with Gasteiger partial charge in [-0.1, -0.05) is 0 Å². The lowest BCUT2D eigenvalue weighted by molar-refractivity contribution is 0.0467. The van der Waals surface area contributed by atoms with Gasteiger partial charge in [-0.3, -0.25) is 4.90 Å². The maximum Gasteiger partial charge on any atom is 0.140 e. The van der Waals surface area contributed by atoms with Gasteiger partial charge in [0.25, 0.3) is 0 Å². The van der Waals surface area contributed by atoms with E-state index in [1.54, 1.807) is 17.7 Å². The van der Waals surface area contributed by atoms with E-state index < -0.39 is 0 Å². The fourth-order valence-corrected chi connectivity index (χ4v) is 4.21. The zero-order chi connectivity index (χ0) is 14.8. The first-order valence-electron chi connectivity index (χ1n) is 7.50. The first kappa shape index (κ1) is 14.7. The summed E-state index contributed by atoms with van der Waals surface area (Å²) in [4.78, 5) is 7.94. The fraction of sp³-hybridized carbons (Fsp3) is 0.600. The van der Waals surface area contributed by atoms with Gasteiger partial charge in [-0.15, -0.1) is 11.3 Å². The van der Waals surface area contributed by atoms with E-state index in [1.165, 1.54) is 10.4 Å². The summed E-state index contributed by atoms with van der Waals surface area (Å²) in [5.41, 5.74) is 1.31. The molecule has 0 aromatic carbocycles. The number of thiophene rings is 1. The molecule has 3 rings (SSSR count). The van der Waals surface area contributed by atoms with Crippen LogP contribution >= 0.6 is 11.3 Å². The Hall–Kier alpha value is -1.24. The van der Waals surface area contributed by atoms with E-state index in [0.29, 0.717) is 6.54 Å². The normalized spacial score (nSPS) is 23.6. The molecule has 6 heteroatoms. The molecule has 2 unspecified atom stereocenters. The smallest absolute Gasteiger partial charge is 0.140 e. The van der Waals surface area contributed by atoms with Gasteiger partial charge in [0.1, 0.15) is 12.2 Å². The number of aliphatic hydroxyl groups excluding tert-OH is 1. The largest absolute Gasteiger partial charge is 0.391 e. The minimum absolute atomic E-state index is 0.283. The summed E-state index contributed by atoms with van der Waals surface area (Å²) < 4.78 is 1.92. The van der Waals surface area contributed by atoms with Crippen molar-refractivity contribution in [3.05, 3.63) is 34.0 Å². The van der Waals surface area contributed by atoms with Crippen molar-refractivity contribution in [3.63, 3.8) is 0 Å². The number of aliphatic hydroxyl groups is 1. The molecule has 21 heavy (non-hydrogen) atoms. The number of aromatic nitrogens is 3. The predicted octanol–water partition coefficient (Wildman–Crippen LogP) is 2.02. The lowest BCUT2D eigenvalue weighted by atomic mass is 9.90. The summed E-state index contributed by atoms with van der Waals surface area (Å²) >= 11 is 1.77. The van der Waals surface area contributed by atoms with Crippen LogP contribution in [0, 0.1) is 6.92 Å². The molecular weight excluding hydrogens is 284 g/mol. The topological polar surface area (TPSA) is 54.2 Å². The van der Waals surface area contributed by atoms with E-state index in [2.05, 4.69) is 40.3 Å². The molecule has 0 bridgehead atoms. The van der Waals surface area contributed by atoms with Crippen LogP contribution in [0.25, 0.3) is 0 Å². The van der Waals surface area contributed by atoms with Crippen molar-refractivity contribution in [2.45, 2.75) is 45.4 Å². The van der Waals surface area contributed by atoms with Crippen molar-refractivity contribution in [3.8, 4) is 0 Å².